The van der Waals surface area contributed by atoms with Crippen molar-refractivity contribution < 1.29 is 13.0 Å². The van der Waals surface area contributed by atoms with Crippen LogP contribution < -0.4 is 0 Å². The molecular formula is C12H12N2O3S. The van der Waals surface area contributed by atoms with E-state index < -0.39 is 20.4 Å². The van der Waals surface area contributed by atoms with Crippen LogP contribution in [-0.2, 0) is 15.5 Å². The minimum Gasteiger partial charge on any atom is -0.282 e. The van der Waals surface area contributed by atoms with Gasteiger partial charge in [-0.3, -0.25) is 4.55 Å². The van der Waals surface area contributed by atoms with Crippen LogP contribution in [0.2, 0.25) is 0 Å². The summed E-state index contributed by atoms with van der Waals surface area (Å²) in [5, 5.41) is 9.06. The Kier molecular flexibility index (Phi) is 3.47. The molecule has 0 aliphatic heterocycles. The Morgan fingerprint density at radius 1 is 1.39 bits per heavy atom. The van der Waals surface area contributed by atoms with Crippen LogP contribution in [0.25, 0.3) is 4.85 Å². The summed E-state index contributed by atoms with van der Waals surface area (Å²) in [7, 11) is -4.42. The Morgan fingerprint density at radius 2 is 1.94 bits per heavy atom. The van der Waals surface area contributed by atoms with Crippen LogP contribution in [0, 0.1) is 17.9 Å². The van der Waals surface area contributed by atoms with E-state index in [-0.39, 0.29) is 11.3 Å². The van der Waals surface area contributed by atoms with Crippen molar-refractivity contribution in [1.82, 2.24) is 0 Å². The SMILES string of the molecule is [C-]#[N+]c1cc(S(=O)(=O)O)cc(C#N)c1C(C)(C)C. The largest absolute Gasteiger partial charge is 0.293 e. The Labute approximate surface area is 106 Å². The molecule has 94 valence electrons. The predicted octanol–water partition coefficient (Wildman–Crippen LogP) is 2.65. The van der Waals surface area contributed by atoms with Gasteiger partial charge in [0.2, 0.25) is 0 Å². The lowest BCUT2D eigenvalue weighted by Crippen LogP contribution is -2.14. The number of rotatable bonds is 1. The topological polar surface area (TPSA) is 82.5 Å². The summed E-state index contributed by atoms with van der Waals surface area (Å²) >= 11 is 0. The number of nitrogens with zero attached hydrogens (tertiary/aromatic N) is 2. The Bertz CT molecular complexity index is 636. The van der Waals surface area contributed by atoms with Gasteiger partial charge < -0.3 is 0 Å². The molecule has 0 aliphatic carbocycles. The molecule has 0 amide bonds. The molecule has 0 saturated carbocycles. The fraction of sp³-hybridized carbons (Fsp3) is 0.333. The lowest BCUT2D eigenvalue weighted by Gasteiger charge is -2.22. The van der Waals surface area contributed by atoms with Crippen molar-refractivity contribution in [1.29, 1.82) is 5.26 Å². The van der Waals surface area contributed by atoms with Gasteiger partial charge in [-0.2, -0.15) is 13.7 Å². The van der Waals surface area contributed by atoms with Gasteiger partial charge in [-0.1, -0.05) is 20.8 Å². The molecule has 6 heteroatoms. The van der Waals surface area contributed by atoms with Gasteiger partial charge in [0.1, 0.15) is 0 Å². The maximum atomic E-state index is 11.1. The number of hydrogen-bond acceptors (Lipinski definition) is 3. The van der Waals surface area contributed by atoms with Crippen molar-refractivity contribution in [3.8, 4) is 6.07 Å². The van der Waals surface area contributed by atoms with Gasteiger partial charge in [0.15, 0.2) is 5.69 Å². The second-order valence-electron chi connectivity index (χ2n) is 4.81. The van der Waals surface area contributed by atoms with Crippen LogP contribution >= 0.6 is 0 Å². The second-order valence-corrected chi connectivity index (χ2v) is 6.24. The molecule has 0 spiro atoms. The zero-order valence-corrected chi connectivity index (χ0v) is 11.0. The van der Waals surface area contributed by atoms with Crippen molar-refractivity contribution >= 4 is 15.8 Å². The molecule has 1 aromatic rings. The van der Waals surface area contributed by atoms with Gasteiger partial charge in [-0.05, 0) is 23.1 Å². The van der Waals surface area contributed by atoms with Crippen molar-refractivity contribution in [2.75, 3.05) is 0 Å². The van der Waals surface area contributed by atoms with Gasteiger partial charge in [-0.25, -0.2) is 4.85 Å². The van der Waals surface area contributed by atoms with E-state index in [1.54, 1.807) is 0 Å². The van der Waals surface area contributed by atoms with Gasteiger partial charge in [-0.15, -0.1) is 0 Å². The third-order valence-corrected chi connectivity index (χ3v) is 3.21. The van der Waals surface area contributed by atoms with Crippen molar-refractivity contribution in [3.63, 3.8) is 0 Å². The molecule has 1 aromatic carbocycles. The molecule has 1 N–H and O–H groups in total. The third kappa shape index (κ3) is 2.67. The molecule has 0 aliphatic rings. The van der Waals surface area contributed by atoms with E-state index in [0.29, 0.717) is 5.56 Å². The lowest BCUT2D eigenvalue weighted by molar-refractivity contribution is 0.483. The molecule has 18 heavy (non-hydrogen) atoms. The number of benzene rings is 1. The fourth-order valence-corrected chi connectivity index (χ4v) is 2.24. The van der Waals surface area contributed by atoms with Gasteiger partial charge >= 0.3 is 0 Å². The van der Waals surface area contributed by atoms with E-state index in [1.165, 1.54) is 0 Å². The summed E-state index contributed by atoms with van der Waals surface area (Å²) in [5.74, 6) is 0. The standard InChI is InChI=1S/C12H12N2O3S/c1-12(2,3)11-8(7-13)5-9(18(15,16)17)6-10(11)14-4/h5-6H,1-3H3,(H,15,16,17). The Balaban J connectivity index is 3.80. The van der Waals surface area contributed by atoms with E-state index in [0.717, 1.165) is 12.1 Å². The molecule has 0 atom stereocenters. The van der Waals surface area contributed by atoms with E-state index in [1.807, 2.05) is 26.8 Å². The van der Waals surface area contributed by atoms with E-state index >= 15 is 0 Å². The maximum Gasteiger partial charge on any atom is 0.293 e. The van der Waals surface area contributed by atoms with Crippen LogP contribution in [0.3, 0.4) is 0 Å². The van der Waals surface area contributed by atoms with Gasteiger partial charge in [0.25, 0.3) is 10.1 Å². The number of nitriles is 1. The molecule has 0 fully saturated rings. The Hall–Kier alpha value is -1.89. The first-order valence-electron chi connectivity index (χ1n) is 5.05. The van der Waals surface area contributed by atoms with Gasteiger partial charge in [0, 0.05) is 5.56 Å². The molecule has 0 radical (unpaired) electrons. The molecule has 0 unspecified atom stereocenters. The monoisotopic (exact) mass is 264 g/mol. The Morgan fingerprint density at radius 3 is 2.28 bits per heavy atom. The highest BCUT2D eigenvalue weighted by Gasteiger charge is 2.25. The molecule has 0 aromatic heterocycles. The highest BCUT2D eigenvalue weighted by atomic mass is 32.2. The summed E-state index contributed by atoms with van der Waals surface area (Å²) < 4.78 is 31.1. The first-order valence-corrected chi connectivity index (χ1v) is 6.49. The van der Waals surface area contributed by atoms with Crippen LogP contribution in [0.5, 0.6) is 0 Å². The summed E-state index contributed by atoms with van der Waals surface area (Å²) in [6.45, 7) is 12.5. The summed E-state index contributed by atoms with van der Waals surface area (Å²) in [6.07, 6.45) is 0. The first-order chi connectivity index (χ1) is 8.11. The fourth-order valence-electron chi connectivity index (χ4n) is 1.71. The van der Waals surface area contributed by atoms with Crippen LogP contribution in [0.1, 0.15) is 31.9 Å². The molecular weight excluding hydrogens is 252 g/mol. The normalized spacial score (nSPS) is 11.7. The summed E-state index contributed by atoms with van der Waals surface area (Å²) in [6, 6.07) is 4.05. The van der Waals surface area contributed by atoms with Crippen LogP contribution in [-0.4, -0.2) is 13.0 Å². The average molecular weight is 264 g/mol. The van der Waals surface area contributed by atoms with Crippen molar-refractivity contribution in [2.45, 2.75) is 31.1 Å². The minimum atomic E-state index is -4.42. The smallest absolute Gasteiger partial charge is 0.282 e. The van der Waals surface area contributed by atoms with Crippen LogP contribution in [0.4, 0.5) is 5.69 Å². The molecule has 0 bridgehead atoms. The second kappa shape index (κ2) is 4.41. The highest BCUT2D eigenvalue weighted by molar-refractivity contribution is 7.85. The van der Waals surface area contributed by atoms with Crippen molar-refractivity contribution in [2.24, 2.45) is 0 Å². The van der Waals surface area contributed by atoms with E-state index in [4.69, 9.17) is 16.4 Å². The van der Waals surface area contributed by atoms with E-state index in [9.17, 15) is 8.42 Å². The van der Waals surface area contributed by atoms with Crippen molar-refractivity contribution in [3.05, 3.63) is 34.7 Å². The molecule has 5 nitrogen and oxygen atoms in total. The molecule has 0 heterocycles. The lowest BCUT2D eigenvalue weighted by atomic mass is 9.83. The maximum absolute atomic E-state index is 11.1. The summed E-state index contributed by atoms with van der Waals surface area (Å²) in [5.41, 5.74) is 0.160. The van der Waals surface area contributed by atoms with Crippen LogP contribution in [0.15, 0.2) is 17.0 Å². The zero-order valence-electron chi connectivity index (χ0n) is 10.2. The summed E-state index contributed by atoms with van der Waals surface area (Å²) in [4.78, 5) is 2.81. The predicted molar refractivity (Wildman–Crippen MR) is 65.9 cm³/mol. The first kappa shape index (κ1) is 14.2. The molecule has 1 rings (SSSR count). The quantitative estimate of drug-likeness (QED) is 0.624. The zero-order chi connectivity index (χ0) is 14.1. The van der Waals surface area contributed by atoms with E-state index in [2.05, 4.69) is 4.85 Å². The third-order valence-electron chi connectivity index (χ3n) is 2.38. The van der Waals surface area contributed by atoms with Gasteiger partial charge in [0.05, 0.1) is 17.5 Å². The average Bonchev–Trinajstić information content (AvgIpc) is 2.24. The number of hydrogen-bond donors (Lipinski definition) is 1. The minimum absolute atomic E-state index is 0.0641. The highest BCUT2D eigenvalue weighted by Crippen LogP contribution is 2.36. The molecule has 0 saturated heterocycles.